The smallest absolute Gasteiger partial charge is 0.230 e. The summed E-state index contributed by atoms with van der Waals surface area (Å²) >= 11 is 0. The number of nitrogens with zero attached hydrogens (tertiary/aromatic N) is 3. The van der Waals surface area contributed by atoms with Gasteiger partial charge in [0.1, 0.15) is 12.6 Å². The van der Waals surface area contributed by atoms with Crippen LogP contribution in [0.15, 0.2) is 71.4 Å². The number of rotatable bonds is 3. The maximum Gasteiger partial charge on any atom is 0.230 e. The van der Waals surface area contributed by atoms with Gasteiger partial charge in [0.2, 0.25) is 11.4 Å². The van der Waals surface area contributed by atoms with Crippen LogP contribution in [0, 0.1) is 6.92 Å². The van der Waals surface area contributed by atoms with Crippen LogP contribution in [-0.4, -0.2) is 17.7 Å². The molecule has 0 fully saturated rings. The normalized spacial score (nSPS) is 12.2. The summed E-state index contributed by atoms with van der Waals surface area (Å²) in [5.41, 5.74) is 8.24. The maximum absolute atomic E-state index is 6.49. The van der Waals surface area contributed by atoms with Crippen LogP contribution in [0.5, 0.6) is 0 Å². The molecule has 0 saturated heterocycles. The highest BCUT2D eigenvalue weighted by Crippen LogP contribution is 2.35. The van der Waals surface area contributed by atoms with Crippen molar-refractivity contribution in [1.29, 1.82) is 0 Å². The lowest BCUT2D eigenvalue weighted by Gasteiger charge is -2.15. The third kappa shape index (κ3) is 2.89. The Morgan fingerprint density at radius 1 is 0.967 bits per heavy atom. The molecule has 30 heavy (non-hydrogen) atoms. The molecule has 150 valence electrons. The topological polar surface area (TPSA) is 34.3 Å². The van der Waals surface area contributed by atoms with Gasteiger partial charge in [0.25, 0.3) is 0 Å². The zero-order chi connectivity index (χ0) is 21.0. The predicted octanol–water partition coefficient (Wildman–Crippen LogP) is 5.09. The van der Waals surface area contributed by atoms with Crippen LogP contribution in [0.1, 0.15) is 5.56 Å². The van der Waals surface area contributed by atoms with Gasteiger partial charge in [-0.05, 0) is 24.1 Å². The van der Waals surface area contributed by atoms with Crippen LogP contribution in [-0.2, 0) is 7.05 Å². The Balaban J connectivity index is 1.76. The number of pyridine rings is 1. The van der Waals surface area contributed by atoms with Gasteiger partial charge in [0, 0.05) is 11.3 Å². The van der Waals surface area contributed by atoms with E-state index in [-0.39, 0.29) is 0 Å². The third-order valence-corrected chi connectivity index (χ3v) is 7.87. The van der Waals surface area contributed by atoms with E-state index < -0.39 is 8.07 Å². The SMILES string of the molecule is Cc1ccc2c(oc3c(-c4ccccc4)cnn32)c1-c1ccc([Si](C)(C)C)c[n+]1C. The van der Waals surface area contributed by atoms with Gasteiger partial charge in [-0.2, -0.15) is 9.61 Å². The minimum atomic E-state index is -1.37. The van der Waals surface area contributed by atoms with Crippen molar-refractivity contribution < 1.29 is 8.98 Å². The summed E-state index contributed by atoms with van der Waals surface area (Å²) in [5, 5.41) is 6.08. The van der Waals surface area contributed by atoms with Crippen molar-refractivity contribution in [3.05, 3.63) is 72.6 Å². The first-order chi connectivity index (χ1) is 14.3. The fourth-order valence-corrected chi connectivity index (χ4v) is 5.25. The summed E-state index contributed by atoms with van der Waals surface area (Å²) in [6.07, 6.45) is 4.17. The molecule has 0 aliphatic heterocycles. The molecule has 0 radical (unpaired) electrons. The van der Waals surface area contributed by atoms with Crippen LogP contribution >= 0.6 is 0 Å². The quantitative estimate of drug-likeness (QED) is 0.305. The van der Waals surface area contributed by atoms with Crippen LogP contribution in [0.2, 0.25) is 19.6 Å². The standard InChI is InChI=1S/C25H26N3OSi/c1-17-11-13-22-24(23(17)21-14-12-19(16-27(21)2)30(3,4)5)29-25-20(15-26-28(22)25)18-9-7-6-8-10-18/h6-16H,1-5H3/q+1. The molecular weight excluding hydrogens is 386 g/mol. The Morgan fingerprint density at radius 3 is 2.43 bits per heavy atom. The molecule has 0 saturated carbocycles. The summed E-state index contributed by atoms with van der Waals surface area (Å²) < 4.78 is 10.6. The molecule has 4 nitrogen and oxygen atoms in total. The first kappa shape index (κ1) is 18.8. The molecule has 0 aliphatic carbocycles. The van der Waals surface area contributed by atoms with Gasteiger partial charge < -0.3 is 4.42 Å². The molecule has 0 N–H and O–H groups in total. The second-order valence-corrected chi connectivity index (χ2v) is 14.1. The van der Waals surface area contributed by atoms with Crippen LogP contribution in [0.25, 0.3) is 39.2 Å². The molecule has 0 bridgehead atoms. The minimum absolute atomic E-state index is 0.782. The first-order valence-electron chi connectivity index (χ1n) is 10.3. The zero-order valence-electron chi connectivity index (χ0n) is 18.1. The van der Waals surface area contributed by atoms with Crippen molar-refractivity contribution in [1.82, 2.24) is 9.61 Å². The zero-order valence-corrected chi connectivity index (χ0v) is 19.1. The Labute approximate surface area is 177 Å². The Morgan fingerprint density at radius 2 is 1.73 bits per heavy atom. The number of hydrogen-bond acceptors (Lipinski definition) is 2. The van der Waals surface area contributed by atoms with E-state index in [2.05, 4.69) is 85.9 Å². The van der Waals surface area contributed by atoms with Gasteiger partial charge in [0.05, 0.1) is 25.4 Å². The summed E-state index contributed by atoms with van der Waals surface area (Å²) in [7, 11) is 0.751. The highest BCUT2D eigenvalue weighted by molar-refractivity contribution is 6.88. The number of aromatic nitrogens is 3. The molecule has 0 amide bonds. The average molecular weight is 413 g/mol. The highest BCUT2D eigenvalue weighted by Gasteiger charge is 2.25. The monoisotopic (exact) mass is 412 g/mol. The lowest BCUT2D eigenvalue weighted by molar-refractivity contribution is -0.659. The number of hydrogen-bond donors (Lipinski definition) is 0. The van der Waals surface area contributed by atoms with Gasteiger partial charge in [0.15, 0.2) is 11.8 Å². The van der Waals surface area contributed by atoms with Gasteiger partial charge in [-0.1, -0.05) is 62.1 Å². The van der Waals surface area contributed by atoms with Gasteiger partial charge in [-0.25, -0.2) is 4.57 Å². The van der Waals surface area contributed by atoms with Gasteiger partial charge in [-0.3, -0.25) is 0 Å². The Kier molecular flexibility index (Phi) is 4.19. The fourth-order valence-electron chi connectivity index (χ4n) is 4.09. The van der Waals surface area contributed by atoms with E-state index in [1.54, 1.807) is 0 Å². The largest absolute Gasteiger partial charge is 0.435 e. The Hall–Kier alpha value is -3.18. The summed E-state index contributed by atoms with van der Waals surface area (Å²) in [5.74, 6) is 0. The summed E-state index contributed by atoms with van der Waals surface area (Å²) in [6.45, 7) is 9.27. The van der Waals surface area contributed by atoms with Crippen molar-refractivity contribution in [2.75, 3.05) is 0 Å². The molecule has 0 spiro atoms. The second-order valence-electron chi connectivity index (χ2n) is 9.01. The molecule has 0 atom stereocenters. The number of benzene rings is 2. The highest BCUT2D eigenvalue weighted by atomic mass is 28.3. The van der Waals surface area contributed by atoms with Gasteiger partial charge >= 0.3 is 0 Å². The van der Waals surface area contributed by atoms with Crippen LogP contribution in [0.4, 0.5) is 0 Å². The van der Waals surface area contributed by atoms with E-state index in [1.165, 1.54) is 10.8 Å². The van der Waals surface area contributed by atoms with E-state index in [4.69, 9.17) is 4.42 Å². The summed E-state index contributed by atoms with van der Waals surface area (Å²) in [6, 6.07) is 19.0. The molecule has 3 aromatic heterocycles. The maximum atomic E-state index is 6.49. The van der Waals surface area contributed by atoms with Crippen LogP contribution in [0.3, 0.4) is 0 Å². The molecule has 3 heterocycles. The van der Waals surface area contributed by atoms with Crippen molar-refractivity contribution in [2.24, 2.45) is 7.05 Å². The fraction of sp³-hybridized carbons (Fsp3) is 0.200. The number of oxazole rings is 1. The number of fused-ring (bicyclic) bond motifs is 3. The van der Waals surface area contributed by atoms with E-state index in [9.17, 15) is 0 Å². The first-order valence-corrected chi connectivity index (χ1v) is 13.8. The molecule has 0 unspecified atom stereocenters. The Bertz CT molecular complexity index is 1390. The van der Waals surface area contributed by atoms with Crippen molar-refractivity contribution in [3.63, 3.8) is 0 Å². The van der Waals surface area contributed by atoms with Gasteiger partial charge in [-0.15, -0.1) is 0 Å². The van der Waals surface area contributed by atoms with Crippen molar-refractivity contribution in [3.8, 4) is 22.4 Å². The molecular formula is C25H26N3OSi+. The minimum Gasteiger partial charge on any atom is -0.435 e. The van der Waals surface area contributed by atoms with E-state index in [0.29, 0.717) is 0 Å². The average Bonchev–Trinajstić information content (AvgIpc) is 3.27. The molecule has 5 aromatic rings. The van der Waals surface area contributed by atoms with E-state index in [1.807, 2.05) is 28.9 Å². The van der Waals surface area contributed by atoms with E-state index in [0.717, 1.165) is 39.2 Å². The molecule has 5 rings (SSSR count). The third-order valence-electron chi connectivity index (χ3n) is 5.84. The number of aryl methyl sites for hydroxylation is 2. The van der Waals surface area contributed by atoms with E-state index >= 15 is 0 Å². The predicted molar refractivity (Wildman–Crippen MR) is 125 cm³/mol. The van der Waals surface area contributed by atoms with Crippen molar-refractivity contribution >= 4 is 30.1 Å². The second kappa shape index (κ2) is 6.67. The van der Waals surface area contributed by atoms with Crippen molar-refractivity contribution in [2.45, 2.75) is 26.6 Å². The van der Waals surface area contributed by atoms with Crippen LogP contribution < -0.4 is 9.75 Å². The lowest BCUT2D eigenvalue weighted by Crippen LogP contribution is -2.45. The molecule has 2 aromatic carbocycles. The lowest BCUT2D eigenvalue weighted by atomic mass is 10.0. The molecule has 0 aliphatic rings. The molecule has 5 heteroatoms. The summed E-state index contributed by atoms with van der Waals surface area (Å²) in [4.78, 5) is 0.